The molecule has 0 radical (unpaired) electrons. The summed E-state index contributed by atoms with van der Waals surface area (Å²) in [5, 5.41) is 4.30. The molecule has 0 fully saturated rings. The minimum absolute atomic E-state index is 0.151. The largest absolute Gasteiger partial charge is 0.306 e. The molecule has 3 heteroatoms. The average Bonchev–Trinajstić information content (AvgIpc) is 2.37. The maximum Gasteiger partial charge on any atom is 0.0591 e. The van der Waals surface area contributed by atoms with Crippen molar-refractivity contribution in [1.29, 1.82) is 0 Å². The summed E-state index contributed by atoms with van der Waals surface area (Å²) in [4.78, 5) is 0. The molecule has 0 aliphatic heterocycles. The van der Waals surface area contributed by atoms with Crippen LogP contribution in [-0.2, 0) is 0 Å². The molecule has 0 heterocycles. The van der Waals surface area contributed by atoms with Crippen molar-refractivity contribution < 1.29 is 0 Å². The normalized spacial score (nSPS) is 12.4. The molecule has 0 saturated heterocycles. The van der Waals surface area contributed by atoms with Crippen LogP contribution < -0.4 is 5.32 Å². The first-order valence-corrected chi connectivity index (χ1v) is 7.41. The first-order chi connectivity index (χ1) is 8.72. The van der Waals surface area contributed by atoms with E-state index in [9.17, 15) is 0 Å². The number of rotatable bonds is 4. The second kappa shape index (κ2) is 6.55. The zero-order chi connectivity index (χ0) is 13.0. The van der Waals surface area contributed by atoms with E-state index in [1.165, 1.54) is 9.13 Å². The summed E-state index contributed by atoms with van der Waals surface area (Å²) in [7, 11) is 0. The maximum atomic E-state index is 6.30. The Hall–Kier alpha value is -0.580. The third kappa shape index (κ3) is 3.25. The first kappa shape index (κ1) is 13.8. The summed E-state index contributed by atoms with van der Waals surface area (Å²) in [6.07, 6.45) is 0. The van der Waals surface area contributed by atoms with Crippen LogP contribution in [0.5, 0.6) is 0 Å². The molecule has 0 amide bonds. The predicted octanol–water partition coefficient (Wildman–Crippen LogP) is 4.64. The van der Waals surface area contributed by atoms with Crippen molar-refractivity contribution in [2.45, 2.75) is 13.0 Å². The monoisotopic (exact) mass is 371 g/mol. The minimum atomic E-state index is 0.151. The number of nitrogens with one attached hydrogen (secondary N) is 1. The molecule has 0 saturated carbocycles. The lowest BCUT2D eigenvalue weighted by Gasteiger charge is -2.20. The van der Waals surface area contributed by atoms with Gasteiger partial charge in [0.15, 0.2) is 0 Å². The van der Waals surface area contributed by atoms with Crippen molar-refractivity contribution in [3.63, 3.8) is 0 Å². The van der Waals surface area contributed by atoms with Crippen molar-refractivity contribution >= 4 is 34.2 Å². The molecule has 1 nitrogen and oxygen atoms in total. The van der Waals surface area contributed by atoms with E-state index in [2.05, 4.69) is 65.2 Å². The molecular formula is C15H15ClIN. The fourth-order valence-electron chi connectivity index (χ4n) is 2.01. The highest BCUT2D eigenvalue weighted by atomic mass is 127. The Kier molecular flexibility index (Phi) is 5.03. The molecule has 0 bridgehead atoms. The van der Waals surface area contributed by atoms with Gasteiger partial charge in [-0.05, 0) is 58.5 Å². The van der Waals surface area contributed by atoms with E-state index < -0.39 is 0 Å². The summed E-state index contributed by atoms with van der Waals surface area (Å²) >= 11 is 8.64. The molecule has 0 aromatic heterocycles. The van der Waals surface area contributed by atoms with Crippen molar-refractivity contribution in [2.75, 3.05) is 6.54 Å². The Bertz CT molecular complexity index is 527. The Balaban J connectivity index is 2.43. The van der Waals surface area contributed by atoms with Crippen LogP contribution in [-0.4, -0.2) is 6.54 Å². The zero-order valence-electron chi connectivity index (χ0n) is 10.2. The summed E-state index contributed by atoms with van der Waals surface area (Å²) in [5.74, 6) is 0. The van der Waals surface area contributed by atoms with Crippen molar-refractivity contribution in [2.24, 2.45) is 0 Å². The fourth-order valence-corrected chi connectivity index (χ4v) is 2.82. The average molecular weight is 372 g/mol. The molecule has 1 atom stereocenters. The van der Waals surface area contributed by atoms with Gasteiger partial charge in [0.25, 0.3) is 0 Å². The highest BCUT2D eigenvalue weighted by molar-refractivity contribution is 14.1. The van der Waals surface area contributed by atoms with Crippen LogP contribution in [0.3, 0.4) is 0 Å². The van der Waals surface area contributed by atoms with Gasteiger partial charge in [0.05, 0.1) is 6.04 Å². The van der Waals surface area contributed by atoms with Gasteiger partial charge in [-0.15, -0.1) is 0 Å². The van der Waals surface area contributed by atoms with Crippen LogP contribution in [0, 0.1) is 3.57 Å². The summed E-state index contributed by atoms with van der Waals surface area (Å²) in [6.45, 7) is 3.01. The topological polar surface area (TPSA) is 12.0 Å². The summed E-state index contributed by atoms with van der Waals surface area (Å²) < 4.78 is 1.24. The van der Waals surface area contributed by atoms with Crippen molar-refractivity contribution in [1.82, 2.24) is 5.32 Å². The zero-order valence-corrected chi connectivity index (χ0v) is 13.1. The second-order valence-electron chi connectivity index (χ2n) is 4.07. The molecule has 2 aromatic rings. The molecule has 2 aromatic carbocycles. The Morgan fingerprint density at radius 2 is 1.94 bits per heavy atom. The maximum absolute atomic E-state index is 6.30. The summed E-state index contributed by atoms with van der Waals surface area (Å²) in [6, 6.07) is 16.7. The molecule has 2 rings (SSSR count). The Labute approximate surface area is 127 Å². The fraction of sp³-hybridized carbons (Fsp3) is 0.200. The van der Waals surface area contributed by atoms with Crippen LogP contribution in [0.25, 0.3) is 0 Å². The van der Waals surface area contributed by atoms with E-state index in [-0.39, 0.29) is 6.04 Å². The SMILES string of the molecule is CCNC(c1cccc(I)c1)c1ccccc1Cl. The van der Waals surface area contributed by atoms with Crippen LogP contribution in [0.2, 0.25) is 5.02 Å². The van der Waals surface area contributed by atoms with Gasteiger partial charge in [0, 0.05) is 8.59 Å². The van der Waals surface area contributed by atoms with Gasteiger partial charge in [0.1, 0.15) is 0 Å². The lowest BCUT2D eigenvalue weighted by molar-refractivity contribution is 0.630. The number of benzene rings is 2. The standard InChI is InChI=1S/C15H15ClIN/c1-2-18-15(11-6-5-7-12(17)10-11)13-8-3-4-9-14(13)16/h3-10,15,18H,2H2,1H3. The molecule has 1 unspecified atom stereocenters. The summed E-state index contributed by atoms with van der Waals surface area (Å²) in [5.41, 5.74) is 2.37. The molecule has 94 valence electrons. The van der Waals surface area contributed by atoms with Gasteiger partial charge in [0.2, 0.25) is 0 Å². The first-order valence-electron chi connectivity index (χ1n) is 5.95. The second-order valence-corrected chi connectivity index (χ2v) is 5.72. The quantitative estimate of drug-likeness (QED) is 0.772. The van der Waals surface area contributed by atoms with Crippen molar-refractivity contribution in [3.8, 4) is 0 Å². The van der Waals surface area contributed by atoms with Gasteiger partial charge in [-0.25, -0.2) is 0 Å². The van der Waals surface area contributed by atoms with E-state index in [0.29, 0.717) is 0 Å². The molecular weight excluding hydrogens is 357 g/mol. The van der Waals surface area contributed by atoms with E-state index in [0.717, 1.165) is 17.1 Å². The number of hydrogen-bond acceptors (Lipinski definition) is 1. The lowest BCUT2D eigenvalue weighted by Crippen LogP contribution is -2.22. The van der Waals surface area contributed by atoms with Crippen LogP contribution in [0.4, 0.5) is 0 Å². The van der Waals surface area contributed by atoms with Gasteiger partial charge in [-0.1, -0.05) is 48.9 Å². The Morgan fingerprint density at radius 1 is 1.17 bits per heavy atom. The van der Waals surface area contributed by atoms with Crippen molar-refractivity contribution in [3.05, 3.63) is 68.3 Å². The molecule has 0 spiro atoms. The Morgan fingerprint density at radius 3 is 2.61 bits per heavy atom. The van der Waals surface area contributed by atoms with E-state index in [1.54, 1.807) is 0 Å². The van der Waals surface area contributed by atoms with E-state index in [1.807, 2.05) is 18.2 Å². The van der Waals surface area contributed by atoms with E-state index >= 15 is 0 Å². The van der Waals surface area contributed by atoms with Crippen LogP contribution >= 0.6 is 34.2 Å². The van der Waals surface area contributed by atoms with Gasteiger partial charge in [-0.2, -0.15) is 0 Å². The lowest BCUT2D eigenvalue weighted by atomic mass is 9.99. The smallest absolute Gasteiger partial charge is 0.0591 e. The van der Waals surface area contributed by atoms with Gasteiger partial charge in [-0.3, -0.25) is 0 Å². The predicted molar refractivity (Wildman–Crippen MR) is 86.1 cm³/mol. The molecule has 0 aliphatic rings. The third-order valence-electron chi connectivity index (χ3n) is 2.81. The van der Waals surface area contributed by atoms with Gasteiger partial charge >= 0.3 is 0 Å². The van der Waals surface area contributed by atoms with Crippen LogP contribution in [0.15, 0.2) is 48.5 Å². The highest BCUT2D eigenvalue weighted by Gasteiger charge is 2.15. The number of halogens is 2. The van der Waals surface area contributed by atoms with Gasteiger partial charge < -0.3 is 5.32 Å². The molecule has 18 heavy (non-hydrogen) atoms. The molecule has 1 N–H and O–H groups in total. The molecule has 0 aliphatic carbocycles. The minimum Gasteiger partial charge on any atom is -0.306 e. The number of hydrogen-bond donors (Lipinski definition) is 1. The highest BCUT2D eigenvalue weighted by Crippen LogP contribution is 2.28. The van der Waals surface area contributed by atoms with E-state index in [4.69, 9.17) is 11.6 Å². The van der Waals surface area contributed by atoms with Crippen LogP contribution in [0.1, 0.15) is 24.1 Å². The third-order valence-corrected chi connectivity index (χ3v) is 3.82.